The van der Waals surface area contributed by atoms with Gasteiger partial charge in [-0.1, -0.05) is 18.2 Å². The first-order valence-corrected chi connectivity index (χ1v) is 9.29. The molecule has 9 nitrogen and oxygen atoms in total. The molecule has 0 atom stereocenters. The predicted molar refractivity (Wildman–Crippen MR) is 110 cm³/mol. The van der Waals surface area contributed by atoms with E-state index < -0.39 is 30.4 Å². The van der Waals surface area contributed by atoms with Gasteiger partial charge in [0.25, 0.3) is 5.91 Å². The maximum absolute atomic E-state index is 12.1. The number of esters is 3. The average molecular weight is 429 g/mol. The molecule has 2 aromatic rings. The SMILES string of the molecule is COC(=O)c1cc(NC(=O)COC(=O)CCOc2ccccc2C)cc(C(=O)OC)c1. The Kier molecular flexibility index (Phi) is 8.56. The van der Waals surface area contributed by atoms with Crippen LogP contribution in [0.2, 0.25) is 0 Å². The number of rotatable bonds is 9. The molecule has 31 heavy (non-hydrogen) atoms. The number of nitrogens with one attached hydrogen (secondary N) is 1. The van der Waals surface area contributed by atoms with Gasteiger partial charge >= 0.3 is 17.9 Å². The summed E-state index contributed by atoms with van der Waals surface area (Å²) in [6.07, 6.45) is -0.0358. The van der Waals surface area contributed by atoms with Crippen molar-refractivity contribution >= 4 is 29.5 Å². The van der Waals surface area contributed by atoms with Crippen molar-refractivity contribution in [2.75, 3.05) is 32.8 Å². The Hall–Kier alpha value is -3.88. The number of amides is 1. The fraction of sp³-hybridized carbons (Fsp3) is 0.273. The summed E-state index contributed by atoms with van der Waals surface area (Å²) >= 11 is 0. The Bertz CT molecular complexity index is 935. The van der Waals surface area contributed by atoms with Crippen LogP contribution in [0, 0.1) is 6.92 Å². The number of methoxy groups -OCH3 is 2. The first-order valence-electron chi connectivity index (χ1n) is 9.29. The lowest BCUT2D eigenvalue weighted by Gasteiger charge is -2.10. The van der Waals surface area contributed by atoms with Crippen molar-refractivity contribution in [3.8, 4) is 5.75 Å². The molecule has 0 saturated carbocycles. The van der Waals surface area contributed by atoms with Crippen LogP contribution >= 0.6 is 0 Å². The van der Waals surface area contributed by atoms with Gasteiger partial charge in [-0.15, -0.1) is 0 Å². The molecule has 0 unspecified atom stereocenters. The van der Waals surface area contributed by atoms with Crippen molar-refractivity contribution in [2.24, 2.45) is 0 Å². The minimum Gasteiger partial charge on any atom is -0.493 e. The third kappa shape index (κ3) is 7.14. The molecule has 0 radical (unpaired) electrons. The van der Waals surface area contributed by atoms with Crippen LogP contribution in [0.3, 0.4) is 0 Å². The summed E-state index contributed by atoms with van der Waals surface area (Å²) in [5.74, 6) is -1.98. The Labute approximate surface area is 179 Å². The van der Waals surface area contributed by atoms with Crippen LogP contribution in [0.1, 0.15) is 32.7 Å². The molecule has 0 aliphatic rings. The molecule has 1 N–H and O–H groups in total. The molecule has 0 spiro atoms. The van der Waals surface area contributed by atoms with Gasteiger partial charge in [-0.3, -0.25) is 9.59 Å². The van der Waals surface area contributed by atoms with Crippen molar-refractivity contribution < 1.29 is 38.1 Å². The van der Waals surface area contributed by atoms with Gasteiger partial charge in [-0.2, -0.15) is 0 Å². The lowest BCUT2D eigenvalue weighted by atomic mass is 10.1. The summed E-state index contributed by atoms with van der Waals surface area (Å²) in [7, 11) is 2.38. The number of ether oxygens (including phenoxy) is 4. The summed E-state index contributed by atoms with van der Waals surface area (Å²) in [6.45, 7) is 1.45. The second-order valence-electron chi connectivity index (χ2n) is 6.36. The first kappa shape index (κ1) is 23.4. The van der Waals surface area contributed by atoms with Crippen LogP contribution in [0.4, 0.5) is 5.69 Å². The highest BCUT2D eigenvalue weighted by atomic mass is 16.5. The van der Waals surface area contributed by atoms with E-state index in [1.807, 2.05) is 25.1 Å². The van der Waals surface area contributed by atoms with E-state index in [0.717, 1.165) is 5.56 Å². The molecule has 164 valence electrons. The molecule has 9 heteroatoms. The zero-order valence-corrected chi connectivity index (χ0v) is 17.4. The molecule has 1 amide bonds. The van der Waals surface area contributed by atoms with Crippen LogP contribution in [0.5, 0.6) is 5.75 Å². The van der Waals surface area contributed by atoms with Gasteiger partial charge in [0.1, 0.15) is 5.75 Å². The second kappa shape index (κ2) is 11.3. The second-order valence-corrected chi connectivity index (χ2v) is 6.36. The summed E-state index contributed by atoms with van der Waals surface area (Å²) in [5, 5.41) is 2.46. The predicted octanol–water partition coefficient (Wildman–Crippen LogP) is 2.52. The molecular weight excluding hydrogens is 406 g/mol. The minimum absolute atomic E-state index is 0.0358. The molecule has 0 aromatic heterocycles. The highest BCUT2D eigenvalue weighted by molar-refractivity contribution is 5.99. The molecule has 0 aliphatic carbocycles. The van der Waals surface area contributed by atoms with Gasteiger partial charge in [-0.25, -0.2) is 9.59 Å². The fourth-order valence-electron chi connectivity index (χ4n) is 2.55. The maximum Gasteiger partial charge on any atom is 0.337 e. The van der Waals surface area contributed by atoms with Crippen LogP contribution in [-0.2, 0) is 23.8 Å². The smallest absolute Gasteiger partial charge is 0.337 e. The largest absolute Gasteiger partial charge is 0.493 e. The van der Waals surface area contributed by atoms with Gasteiger partial charge in [0.05, 0.1) is 38.4 Å². The van der Waals surface area contributed by atoms with Crippen LogP contribution in [-0.4, -0.2) is 51.2 Å². The maximum atomic E-state index is 12.1. The molecule has 0 bridgehead atoms. The van der Waals surface area contributed by atoms with E-state index in [1.165, 1.54) is 32.4 Å². The minimum atomic E-state index is -0.693. The Balaban J connectivity index is 1.88. The molecule has 0 saturated heterocycles. The van der Waals surface area contributed by atoms with Crippen LogP contribution in [0.15, 0.2) is 42.5 Å². The van der Waals surface area contributed by atoms with Gasteiger partial charge < -0.3 is 24.3 Å². The van der Waals surface area contributed by atoms with Gasteiger partial charge in [0.2, 0.25) is 0 Å². The normalized spacial score (nSPS) is 10.0. The highest BCUT2D eigenvalue weighted by Crippen LogP contribution is 2.18. The molecule has 0 aliphatic heterocycles. The van der Waals surface area contributed by atoms with Crippen molar-refractivity contribution in [1.29, 1.82) is 0 Å². The van der Waals surface area contributed by atoms with Crippen molar-refractivity contribution in [1.82, 2.24) is 0 Å². The van der Waals surface area contributed by atoms with E-state index in [4.69, 9.17) is 9.47 Å². The summed E-state index contributed by atoms with van der Waals surface area (Å²) in [4.78, 5) is 47.5. The topological polar surface area (TPSA) is 117 Å². The number of aryl methyl sites for hydroxylation is 1. The van der Waals surface area contributed by atoms with Crippen LogP contribution < -0.4 is 10.1 Å². The third-order valence-corrected chi connectivity index (χ3v) is 4.08. The molecule has 0 fully saturated rings. The zero-order valence-electron chi connectivity index (χ0n) is 17.4. The Morgan fingerprint density at radius 3 is 2.10 bits per heavy atom. The van der Waals surface area contributed by atoms with Crippen molar-refractivity contribution in [3.05, 3.63) is 59.2 Å². The number of anilines is 1. The molecule has 2 rings (SSSR count). The number of hydrogen-bond donors (Lipinski definition) is 1. The number of carbonyl (C=O) groups excluding carboxylic acids is 4. The quantitative estimate of drug-likeness (QED) is 0.477. The average Bonchev–Trinajstić information content (AvgIpc) is 2.77. The zero-order chi connectivity index (χ0) is 22.8. The third-order valence-electron chi connectivity index (χ3n) is 4.08. The lowest BCUT2D eigenvalue weighted by Crippen LogP contribution is -2.22. The lowest BCUT2D eigenvalue weighted by molar-refractivity contribution is -0.147. The van der Waals surface area contributed by atoms with Gasteiger partial charge in [0.15, 0.2) is 6.61 Å². The van der Waals surface area contributed by atoms with Gasteiger partial charge in [0, 0.05) is 5.69 Å². The highest BCUT2D eigenvalue weighted by Gasteiger charge is 2.16. The standard InChI is InChI=1S/C22H23NO8/c1-14-6-4-5-7-18(14)30-9-8-20(25)31-13-19(24)23-17-11-15(21(26)28-2)10-16(12-17)22(27)29-3/h4-7,10-12H,8-9,13H2,1-3H3,(H,23,24). The van der Waals surface area contributed by atoms with E-state index in [2.05, 4.69) is 14.8 Å². The monoisotopic (exact) mass is 429 g/mol. The number of hydrogen-bond acceptors (Lipinski definition) is 8. The van der Waals surface area contributed by atoms with Crippen LogP contribution in [0.25, 0.3) is 0 Å². The van der Waals surface area contributed by atoms with Crippen molar-refractivity contribution in [3.63, 3.8) is 0 Å². The van der Waals surface area contributed by atoms with Crippen molar-refractivity contribution in [2.45, 2.75) is 13.3 Å². The van der Waals surface area contributed by atoms with E-state index in [0.29, 0.717) is 5.75 Å². The van der Waals surface area contributed by atoms with E-state index in [1.54, 1.807) is 6.07 Å². The number of para-hydroxylation sites is 1. The first-order chi connectivity index (χ1) is 14.8. The molecular formula is C22H23NO8. The number of benzene rings is 2. The number of carbonyl (C=O) groups is 4. The summed E-state index contributed by atoms with van der Waals surface area (Å²) in [5.41, 5.74) is 1.18. The summed E-state index contributed by atoms with van der Waals surface area (Å²) in [6, 6.07) is 11.3. The Morgan fingerprint density at radius 2 is 1.52 bits per heavy atom. The molecule has 0 heterocycles. The van der Waals surface area contributed by atoms with E-state index >= 15 is 0 Å². The molecule has 2 aromatic carbocycles. The van der Waals surface area contributed by atoms with Gasteiger partial charge in [-0.05, 0) is 36.8 Å². The Morgan fingerprint density at radius 1 is 0.903 bits per heavy atom. The van der Waals surface area contributed by atoms with E-state index in [-0.39, 0.29) is 29.8 Å². The summed E-state index contributed by atoms with van der Waals surface area (Å²) < 4.78 is 19.7. The van der Waals surface area contributed by atoms with E-state index in [9.17, 15) is 19.2 Å². The fourth-order valence-corrected chi connectivity index (χ4v) is 2.55.